The fraction of sp³-hybridized carbons (Fsp3) is 0.0417. The van der Waals surface area contributed by atoms with Crippen LogP contribution in [0.1, 0.15) is 15.9 Å². The van der Waals surface area contributed by atoms with Gasteiger partial charge in [0.25, 0.3) is 17.7 Å². The summed E-state index contributed by atoms with van der Waals surface area (Å²) in [5.41, 5.74) is 2.72. The highest BCUT2D eigenvalue weighted by Crippen LogP contribution is 2.27. The fourth-order valence-electron chi connectivity index (χ4n) is 3.18. The zero-order valence-electron chi connectivity index (χ0n) is 16.6. The summed E-state index contributed by atoms with van der Waals surface area (Å²) in [7, 11) is 1.55. The van der Waals surface area contributed by atoms with Crippen molar-refractivity contribution in [1.82, 2.24) is 5.32 Å². The Kier molecular flexibility index (Phi) is 5.49. The number of amides is 3. The van der Waals surface area contributed by atoms with E-state index in [2.05, 4.69) is 16.0 Å². The first kappa shape index (κ1) is 19.9. The Morgan fingerprint density at radius 1 is 0.806 bits per heavy atom. The van der Waals surface area contributed by atoms with E-state index in [1.54, 1.807) is 67.8 Å². The van der Waals surface area contributed by atoms with Crippen molar-refractivity contribution in [2.75, 3.05) is 17.7 Å². The first-order valence-corrected chi connectivity index (χ1v) is 9.53. The van der Waals surface area contributed by atoms with Crippen LogP contribution in [0.3, 0.4) is 0 Å². The summed E-state index contributed by atoms with van der Waals surface area (Å²) >= 11 is 0. The second-order valence-electron chi connectivity index (χ2n) is 6.78. The summed E-state index contributed by atoms with van der Waals surface area (Å²) in [6.07, 6.45) is 0. The summed E-state index contributed by atoms with van der Waals surface area (Å²) in [5.74, 6) is -0.587. The maximum atomic E-state index is 12.4. The van der Waals surface area contributed by atoms with Gasteiger partial charge in [-0.25, -0.2) is 0 Å². The molecule has 154 valence electrons. The lowest BCUT2D eigenvalue weighted by atomic mass is 10.0. The number of carbonyl (C=O) groups is 3. The number of para-hydroxylation sites is 1. The number of ether oxygens (including phenoxy) is 1. The van der Waals surface area contributed by atoms with Crippen molar-refractivity contribution in [3.05, 3.63) is 95.7 Å². The number of rotatable bonds is 6. The molecular weight excluding hydrogens is 394 g/mol. The lowest BCUT2D eigenvalue weighted by Gasteiger charge is -2.10. The minimum Gasteiger partial charge on any atom is -0.497 e. The van der Waals surface area contributed by atoms with Crippen LogP contribution in [-0.4, -0.2) is 24.8 Å². The number of imide groups is 1. The van der Waals surface area contributed by atoms with Crippen LogP contribution in [0.15, 0.2) is 84.6 Å². The Balaban J connectivity index is 1.55. The maximum absolute atomic E-state index is 12.4. The van der Waals surface area contributed by atoms with Gasteiger partial charge in [0, 0.05) is 16.9 Å². The SMILES string of the molecule is COc1ccc(C2=C(Nc3ccc(C(=O)Nc4ccccc4)cc3)C(=O)NC2=O)cc1. The molecule has 7 nitrogen and oxygen atoms in total. The Morgan fingerprint density at radius 3 is 2.13 bits per heavy atom. The van der Waals surface area contributed by atoms with Gasteiger partial charge >= 0.3 is 0 Å². The standard InChI is InChI=1S/C24H19N3O4/c1-31-19-13-9-15(10-14-19)20-21(24(30)27-23(20)29)25-18-11-7-16(8-12-18)22(28)26-17-5-3-2-4-6-17/h2-14H,1H3,(H,26,28)(H2,25,27,29,30). The molecule has 0 atom stereocenters. The second-order valence-corrected chi connectivity index (χ2v) is 6.78. The van der Waals surface area contributed by atoms with Crippen molar-refractivity contribution in [2.45, 2.75) is 0 Å². The van der Waals surface area contributed by atoms with Gasteiger partial charge in [-0.05, 0) is 54.1 Å². The van der Waals surface area contributed by atoms with Gasteiger partial charge in [-0.2, -0.15) is 0 Å². The van der Waals surface area contributed by atoms with E-state index in [0.29, 0.717) is 28.3 Å². The molecule has 1 aliphatic heterocycles. The Hall–Kier alpha value is -4.39. The van der Waals surface area contributed by atoms with Gasteiger partial charge in [0.2, 0.25) is 0 Å². The quantitative estimate of drug-likeness (QED) is 0.538. The molecule has 0 bridgehead atoms. The molecule has 0 unspecified atom stereocenters. The van der Waals surface area contributed by atoms with Gasteiger partial charge in [0.1, 0.15) is 11.4 Å². The highest BCUT2D eigenvalue weighted by atomic mass is 16.5. The molecule has 3 amide bonds. The van der Waals surface area contributed by atoms with Gasteiger partial charge < -0.3 is 15.4 Å². The second kappa shape index (κ2) is 8.54. The number of carbonyl (C=O) groups excluding carboxylic acids is 3. The van der Waals surface area contributed by atoms with Gasteiger partial charge in [-0.1, -0.05) is 30.3 Å². The zero-order valence-corrected chi connectivity index (χ0v) is 16.6. The first-order valence-electron chi connectivity index (χ1n) is 9.53. The molecule has 0 radical (unpaired) electrons. The van der Waals surface area contributed by atoms with E-state index in [1.165, 1.54) is 0 Å². The summed E-state index contributed by atoms with van der Waals surface area (Å²) in [6, 6.07) is 22.6. The molecule has 0 aromatic heterocycles. The van der Waals surface area contributed by atoms with Crippen molar-refractivity contribution in [1.29, 1.82) is 0 Å². The highest BCUT2D eigenvalue weighted by Gasteiger charge is 2.31. The maximum Gasteiger partial charge on any atom is 0.275 e. The fourth-order valence-corrected chi connectivity index (χ4v) is 3.18. The third kappa shape index (κ3) is 4.30. The van der Waals surface area contributed by atoms with Crippen LogP contribution < -0.4 is 20.7 Å². The third-order valence-electron chi connectivity index (χ3n) is 4.76. The molecular formula is C24H19N3O4. The average Bonchev–Trinajstić information content (AvgIpc) is 3.07. The topological polar surface area (TPSA) is 96.5 Å². The van der Waals surface area contributed by atoms with Crippen LogP contribution in [0.2, 0.25) is 0 Å². The third-order valence-corrected chi connectivity index (χ3v) is 4.76. The van der Waals surface area contributed by atoms with Crippen LogP contribution in [0.25, 0.3) is 5.57 Å². The van der Waals surface area contributed by atoms with E-state index >= 15 is 0 Å². The molecule has 0 fully saturated rings. The van der Waals surface area contributed by atoms with Crippen molar-refractivity contribution < 1.29 is 19.1 Å². The largest absolute Gasteiger partial charge is 0.497 e. The van der Waals surface area contributed by atoms with Crippen molar-refractivity contribution >= 4 is 34.7 Å². The molecule has 0 saturated carbocycles. The summed E-state index contributed by atoms with van der Waals surface area (Å²) in [6.45, 7) is 0. The minimum absolute atomic E-state index is 0.150. The van der Waals surface area contributed by atoms with Crippen LogP contribution in [-0.2, 0) is 9.59 Å². The van der Waals surface area contributed by atoms with Crippen LogP contribution >= 0.6 is 0 Å². The van der Waals surface area contributed by atoms with E-state index in [9.17, 15) is 14.4 Å². The Morgan fingerprint density at radius 2 is 1.48 bits per heavy atom. The number of methoxy groups -OCH3 is 1. The van der Waals surface area contributed by atoms with E-state index in [1.807, 2.05) is 18.2 Å². The van der Waals surface area contributed by atoms with Crippen LogP contribution in [0.5, 0.6) is 5.75 Å². The molecule has 0 saturated heterocycles. The molecule has 0 spiro atoms. The molecule has 4 rings (SSSR count). The Labute approximate surface area is 178 Å². The minimum atomic E-state index is -0.512. The average molecular weight is 413 g/mol. The van der Waals surface area contributed by atoms with E-state index in [0.717, 1.165) is 0 Å². The summed E-state index contributed by atoms with van der Waals surface area (Å²) < 4.78 is 5.14. The highest BCUT2D eigenvalue weighted by molar-refractivity contribution is 6.36. The van der Waals surface area contributed by atoms with Gasteiger partial charge in [-0.3, -0.25) is 19.7 Å². The predicted molar refractivity (Wildman–Crippen MR) is 118 cm³/mol. The van der Waals surface area contributed by atoms with E-state index in [4.69, 9.17) is 4.74 Å². The van der Waals surface area contributed by atoms with Crippen molar-refractivity contribution in [3.63, 3.8) is 0 Å². The monoisotopic (exact) mass is 413 g/mol. The lowest BCUT2D eigenvalue weighted by molar-refractivity contribution is -0.123. The number of hydrogen-bond acceptors (Lipinski definition) is 5. The summed E-state index contributed by atoms with van der Waals surface area (Å²) in [4.78, 5) is 37.1. The predicted octanol–water partition coefficient (Wildman–Crippen LogP) is 3.43. The zero-order chi connectivity index (χ0) is 21.8. The van der Waals surface area contributed by atoms with E-state index in [-0.39, 0.29) is 17.2 Å². The van der Waals surface area contributed by atoms with E-state index < -0.39 is 11.8 Å². The lowest BCUT2D eigenvalue weighted by Crippen LogP contribution is -2.24. The van der Waals surface area contributed by atoms with Crippen molar-refractivity contribution in [2.24, 2.45) is 0 Å². The number of benzene rings is 3. The van der Waals surface area contributed by atoms with Crippen molar-refractivity contribution in [3.8, 4) is 5.75 Å². The summed E-state index contributed by atoms with van der Waals surface area (Å²) in [5, 5.41) is 8.12. The normalized spacial score (nSPS) is 13.1. The van der Waals surface area contributed by atoms with Crippen LogP contribution in [0.4, 0.5) is 11.4 Å². The first-order chi connectivity index (χ1) is 15.0. The van der Waals surface area contributed by atoms with Crippen LogP contribution in [0, 0.1) is 0 Å². The molecule has 3 aromatic carbocycles. The van der Waals surface area contributed by atoms with Gasteiger partial charge in [0.05, 0.1) is 12.7 Å². The molecule has 3 aromatic rings. The van der Waals surface area contributed by atoms with Gasteiger partial charge in [0.15, 0.2) is 0 Å². The molecule has 1 heterocycles. The molecule has 0 aliphatic carbocycles. The molecule has 1 aliphatic rings. The number of hydrogen-bond donors (Lipinski definition) is 3. The molecule has 31 heavy (non-hydrogen) atoms. The molecule has 3 N–H and O–H groups in total. The number of anilines is 2. The number of nitrogens with one attached hydrogen (secondary N) is 3. The smallest absolute Gasteiger partial charge is 0.275 e. The Bertz CT molecular complexity index is 1170. The molecule has 7 heteroatoms. The van der Waals surface area contributed by atoms with Gasteiger partial charge in [-0.15, -0.1) is 0 Å².